The quantitative estimate of drug-likeness (QED) is 0.802. The molecule has 0 radical (unpaired) electrons. The van der Waals surface area contributed by atoms with E-state index in [1.165, 1.54) is 5.56 Å². The highest BCUT2D eigenvalue weighted by Crippen LogP contribution is 2.29. The third-order valence-electron chi connectivity index (χ3n) is 5.21. The largest absolute Gasteiger partial charge is 0.380 e. The Bertz CT molecular complexity index is 1060. The molecule has 0 aliphatic carbocycles. The highest BCUT2D eigenvalue weighted by atomic mass is 16.1. The van der Waals surface area contributed by atoms with Gasteiger partial charge in [-0.1, -0.05) is 48.6 Å². The molecule has 3 nitrogen and oxygen atoms in total. The molecule has 0 saturated heterocycles. The first-order valence-corrected chi connectivity index (χ1v) is 9.35. The number of aryl methyl sites for hydroxylation is 1. The number of nitrogens with one attached hydrogen (secondary N) is 1. The Hall–Kier alpha value is -3.38. The number of Topliss-reactive ketones (excluding diaryl/α,β-unsaturated/α-hetero) is 1. The first-order chi connectivity index (χ1) is 13.4. The molecule has 0 bridgehead atoms. The molecule has 1 aliphatic heterocycles. The predicted molar refractivity (Wildman–Crippen MR) is 115 cm³/mol. The Labute approximate surface area is 166 Å². The summed E-state index contributed by atoms with van der Waals surface area (Å²) in [6, 6.07) is 14.6. The Kier molecular flexibility index (Phi) is 5.61. The zero-order valence-electron chi connectivity index (χ0n) is 16.7. The van der Waals surface area contributed by atoms with E-state index in [1.807, 2.05) is 37.3 Å². The van der Waals surface area contributed by atoms with Gasteiger partial charge >= 0.3 is 0 Å². The van der Waals surface area contributed by atoms with E-state index in [1.54, 1.807) is 13.1 Å². The third-order valence-corrected chi connectivity index (χ3v) is 5.21. The van der Waals surface area contributed by atoms with Gasteiger partial charge in [-0.15, -0.1) is 0 Å². The molecule has 1 atom stereocenters. The van der Waals surface area contributed by atoms with E-state index >= 15 is 0 Å². The van der Waals surface area contributed by atoms with Gasteiger partial charge in [0.05, 0.1) is 17.7 Å². The molecule has 0 saturated carbocycles. The van der Waals surface area contributed by atoms with Crippen LogP contribution in [0.5, 0.6) is 0 Å². The van der Waals surface area contributed by atoms with Gasteiger partial charge in [-0.05, 0) is 67.2 Å². The van der Waals surface area contributed by atoms with Crippen molar-refractivity contribution in [1.82, 2.24) is 5.32 Å². The van der Waals surface area contributed by atoms with E-state index in [0.29, 0.717) is 11.1 Å². The van der Waals surface area contributed by atoms with Crippen molar-refractivity contribution < 1.29 is 4.79 Å². The summed E-state index contributed by atoms with van der Waals surface area (Å²) in [5.41, 5.74) is 8.05. The van der Waals surface area contributed by atoms with Crippen molar-refractivity contribution in [3.05, 3.63) is 88.2 Å². The van der Waals surface area contributed by atoms with Gasteiger partial charge in [-0.25, -0.2) is 0 Å². The summed E-state index contributed by atoms with van der Waals surface area (Å²) >= 11 is 0. The second-order valence-corrected chi connectivity index (χ2v) is 7.21. The fourth-order valence-electron chi connectivity index (χ4n) is 3.35. The molecule has 28 heavy (non-hydrogen) atoms. The Morgan fingerprint density at radius 3 is 2.61 bits per heavy atom. The normalized spacial score (nSPS) is 16.2. The summed E-state index contributed by atoms with van der Waals surface area (Å²) in [5, 5.41) is 12.6. The van der Waals surface area contributed by atoms with Crippen LogP contribution in [0, 0.1) is 25.2 Å². The number of carbonyl (C=O) groups is 1. The first-order valence-electron chi connectivity index (χ1n) is 9.35. The van der Waals surface area contributed by atoms with E-state index in [9.17, 15) is 10.1 Å². The summed E-state index contributed by atoms with van der Waals surface area (Å²) in [6.45, 7) is 7.71. The lowest BCUT2D eigenvalue weighted by atomic mass is 9.92. The van der Waals surface area contributed by atoms with Gasteiger partial charge in [0.1, 0.15) is 0 Å². The standard InChI is InChI=1S/C25H24N2O/c1-16-8-9-21(13-23(16)14-26)24-7-5-6-20(18(24)3)12-17(2)25-11-10-22(15-27-25)19(4)28/h5-13,15,25,27H,1-4H3/b17-12+. The van der Waals surface area contributed by atoms with Crippen LogP contribution in [-0.2, 0) is 4.79 Å². The van der Waals surface area contributed by atoms with Gasteiger partial charge in [0.15, 0.2) is 5.78 Å². The van der Waals surface area contributed by atoms with Crippen LogP contribution in [0.15, 0.2) is 65.9 Å². The number of carbonyl (C=O) groups excluding carboxylic acids is 1. The Balaban J connectivity index is 1.92. The Morgan fingerprint density at radius 1 is 1.18 bits per heavy atom. The minimum Gasteiger partial charge on any atom is -0.380 e. The van der Waals surface area contributed by atoms with Crippen LogP contribution < -0.4 is 5.32 Å². The van der Waals surface area contributed by atoms with E-state index in [0.717, 1.165) is 27.8 Å². The number of hydrogen-bond acceptors (Lipinski definition) is 3. The summed E-state index contributed by atoms with van der Waals surface area (Å²) in [7, 11) is 0. The van der Waals surface area contributed by atoms with Crippen molar-refractivity contribution >= 4 is 11.9 Å². The number of nitrogens with zero attached hydrogens (tertiary/aromatic N) is 1. The molecule has 140 valence electrons. The van der Waals surface area contributed by atoms with Crippen LogP contribution in [-0.4, -0.2) is 11.8 Å². The summed E-state index contributed by atoms with van der Waals surface area (Å²) in [6.07, 6.45) is 7.84. The number of nitriles is 1. The van der Waals surface area contributed by atoms with Gasteiger partial charge in [0.25, 0.3) is 0 Å². The fourth-order valence-corrected chi connectivity index (χ4v) is 3.35. The van der Waals surface area contributed by atoms with Crippen molar-refractivity contribution in [2.75, 3.05) is 0 Å². The molecular weight excluding hydrogens is 344 g/mol. The summed E-state index contributed by atoms with van der Waals surface area (Å²) < 4.78 is 0. The number of dihydropyridines is 1. The molecule has 2 aromatic rings. The summed E-state index contributed by atoms with van der Waals surface area (Å²) in [4.78, 5) is 11.5. The van der Waals surface area contributed by atoms with Crippen LogP contribution >= 0.6 is 0 Å². The topological polar surface area (TPSA) is 52.9 Å². The highest BCUT2D eigenvalue weighted by molar-refractivity contribution is 5.96. The molecule has 2 aromatic carbocycles. The lowest BCUT2D eigenvalue weighted by Crippen LogP contribution is -2.26. The smallest absolute Gasteiger partial charge is 0.161 e. The average molecular weight is 368 g/mol. The third kappa shape index (κ3) is 3.97. The molecule has 0 fully saturated rings. The van der Waals surface area contributed by atoms with Gasteiger partial charge in [0.2, 0.25) is 0 Å². The van der Waals surface area contributed by atoms with Crippen LogP contribution in [0.3, 0.4) is 0 Å². The molecule has 1 heterocycles. The maximum Gasteiger partial charge on any atom is 0.161 e. The second kappa shape index (κ2) is 8.10. The SMILES string of the molecule is CC(=O)C1=CNC(/C(C)=C/c2cccc(-c3ccc(C)c(C#N)c3)c2C)C=C1. The zero-order chi connectivity index (χ0) is 20.3. The lowest BCUT2D eigenvalue weighted by Gasteiger charge is -2.19. The average Bonchev–Trinajstić information content (AvgIpc) is 2.70. The maximum atomic E-state index is 11.5. The van der Waals surface area contributed by atoms with E-state index < -0.39 is 0 Å². The van der Waals surface area contributed by atoms with Gasteiger partial charge in [0, 0.05) is 11.8 Å². The molecule has 1 unspecified atom stereocenters. The number of rotatable bonds is 4. The minimum atomic E-state index is 0.0576. The fraction of sp³-hybridized carbons (Fsp3) is 0.200. The lowest BCUT2D eigenvalue weighted by molar-refractivity contribution is -0.113. The van der Waals surface area contributed by atoms with E-state index in [-0.39, 0.29) is 11.8 Å². The molecule has 1 aliphatic rings. The van der Waals surface area contributed by atoms with E-state index in [2.05, 4.69) is 49.5 Å². The number of hydrogen-bond donors (Lipinski definition) is 1. The van der Waals surface area contributed by atoms with Crippen molar-refractivity contribution in [2.45, 2.75) is 33.7 Å². The van der Waals surface area contributed by atoms with Crippen LogP contribution in [0.4, 0.5) is 0 Å². The molecule has 0 spiro atoms. The monoisotopic (exact) mass is 368 g/mol. The van der Waals surface area contributed by atoms with Crippen molar-refractivity contribution in [3.8, 4) is 17.2 Å². The van der Waals surface area contributed by atoms with Gasteiger partial charge in [-0.2, -0.15) is 5.26 Å². The minimum absolute atomic E-state index is 0.0576. The van der Waals surface area contributed by atoms with Crippen molar-refractivity contribution in [1.29, 1.82) is 5.26 Å². The first kappa shape index (κ1) is 19.4. The number of allylic oxidation sites excluding steroid dienone is 2. The molecule has 3 rings (SSSR count). The van der Waals surface area contributed by atoms with Crippen LogP contribution in [0.25, 0.3) is 17.2 Å². The Morgan fingerprint density at radius 2 is 1.96 bits per heavy atom. The predicted octanol–water partition coefficient (Wildman–Crippen LogP) is 5.25. The van der Waals surface area contributed by atoms with Crippen LogP contribution in [0.1, 0.15) is 36.1 Å². The van der Waals surface area contributed by atoms with Crippen molar-refractivity contribution in [2.24, 2.45) is 0 Å². The second-order valence-electron chi connectivity index (χ2n) is 7.21. The molecule has 0 amide bonds. The van der Waals surface area contributed by atoms with Crippen molar-refractivity contribution in [3.63, 3.8) is 0 Å². The molecular formula is C25H24N2O. The maximum absolute atomic E-state index is 11.5. The molecule has 1 N–H and O–H groups in total. The number of benzene rings is 2. The molecule has 3 heteroatoms. The van der Waals surface area contributed by atoms with Gasteiger partial charge < -0.3 is 5.32 Å². The van der Waals surface area contributed by atoms with E-state index in [4.69, 9.17) is 0 Å². The van der Waals surface area contributed by atoms with Gasteiger partial charge in [-0.3, -0.25) is 4.79 Å². The van der Waals surface area contributed by atoms with Crippen LogP contribution in [0.2, 0.25) is 0 Å². The zero-order valence-corrected chi connectivity index (χ0v) is 16.7. The highest BCUT2D eigenvalue weighted by Gasteiger charge is 2.13. The number of ketones is 1. The summed E-state index contributed by atoms with van der Waals surface area (Å²) in [5.74, 6) is 0.0576. The molecule has 0 aromatic heterocycles.